The minimum Gasteiger partial charge on any atom is -0.493 e. The third-order valence-electron chi connectivity index (χ3n) is 5.49. The van der Waals surface area contributed by atoms with E-state index in [9.17, 15) is 4.79 Å². The number of nitrogens with zero attached hydrogens (tertiary/aromatic N) is 2. The number of nitrogens with one attached hydrogen (secondary N) is 1. The van der Waals surface area contributed by atoms with Crippen LogP contribution in [0.4, 0.5) is 0 Å². The van der Waals surface area contributed by atoms with Crippen molar-refractivity contribution in [1.82, 2.24) is 14.9 Å². The number of aryl methyl sites for hydroxylation is 1. The molecule has 2 heterocycles. The quantitative estimate of drug-likeness (QED) is 0.311. The van der Waals surface area contributed by atoms with E-state index in [1.807, 2.05) is 68.5 Å². The molecular weight excluding hydrogens is 430 g/mol. The number of carbonyl (C=O) groups excluding carboxylic acids is 1. The van der Waals surface area contributed by atoms with Crippen molar-refractivity contribution in [1.29, 1.82) is 0 Å². The highest BCUT2D eigenvalue weighted by atomic mass is 16.5. The number of carbonyl (C=O) groups is 1. The Hall–Kier alpha value is -4.00. The minimum atomic E-state index is -0.301. The van der Waals surface area contributed by atoms with Gasteiger partial charge < -0.3 is 23.8 Å². The fourth-order valence-corrected chi connectivity index (χ4v) is 3.90. The average molecular weight is 460 g/mol. The maximum absolute atomic E-state index is 12.5. The Morgan fingerprint density at radius 3 is 2.79 bits per heavy atom. The van der Waals surface area contributed by atoms with Crippen molar-refractivity contribution >= 4 is 23.0 Å². The fourth-order valence-electron chi connectivity index (χ4n) is 3.90. The van der Waals surface area contributed by atoms with Crippen molar-refractivity contribution in [3.05, 3.63) is 84.1 Å². The van der Waals surface area contributed by atoms with Crippen LogP contribution in [-0.2, 0) is 6.54 Å². The van der Waals surface area contributed by atoms with Gasteiger partial charge in [0.2, 0.25) is 0 Å². The van der Waals surface area contributed by atoms with Crippen LogP contribution in [-0.4, -0.2) is 29.2 Å². The smallest absolute Gasteiger partial charge is 0.287 e. The van der Waals surface area contributed by atoms with Crippen LogP contribution in [0.1, 0.15) is 48.3 Å². The van der Waals surface area contributed by atoms with Crippen LogP contribution in [0.15, 0.2) is 71.4 Å². The molecule has 176 valence electrons. The zero-order valence-corrected chi connectivity index (χ0v) is 19.7. The van der Waals surface area contributed by atoms with Crippen LogP contribution in [0.25, 0.3) is 17.1 Å². The molecule has 0 aliphatic rings. The van der Waals surface area contributed by atoms with Crippen molar-refractivity contribution < 1.29 is 18.7 Å². The molecule has 0 aliphatic carbocycles. The molecular formula is C27H29N3O4. The van der Waals surface area contributed by atoms with Gasteiger partial charge in [-0.3, -0.25) is 4.79 Å². The van der Waals surface area contributed by atoms with E-state index >= 15 is 0 Å². The molecule has 1 atom stereocenters. The summed E-state index contributed by atoms with van der Waals surface area (Å²) in [4.78, 5) is 17.3. The molecule has 7 heteroatoms. The largest absolute Gasteiger partial charge is 0.493 e. The second-order valence-corrected chi connectivity index (χ2v) is 7.90. The summed E-state index contributed by atoms with van der Waals surface area (Å²) in [5.41, 5.74) is 2.97. The van der Waals surface area contributed by atoms with Gasteiger partial charge in [-0.25, -0.2) is 4.98 Å². The molecule has 0 radical (unpaired) electrons. The first-order chi connectivity index (χ1) is 16.6. The Morgan fingerprint density at radius 2 is 2.03 bits per heavy atom. The number of imidazole rings is 1. The summed E-state index contributed by atoms with van der Waals surface area (Å²) < 4.78 is 18.9. The first-order valence-electron chi connectivity index (χ1n) is 11.3. The van der Waals surface area contributed by atoms with Gasteiger partial charge in [-0.2, -0.15) is 0 Å². The van der Waals surface area contributed by atoms with Gasteiger partial charge in [-0.05, 0) is 62.2 Å². The predicted octanol–water partition coefficient (Wildman–Crippen LogP) is 5.63. The molecule has 2 aromatic carbocycles. The molecule has 1 N–H and O–H groups in total. The number of ether oxygens (including phenoxy) is 2. The molecule has 7 nitrogen and oxygen atoms in total. The number of rotatable bonds is 10. The summed E-state index contributed by atoms with van der Waals surface area (Å²) in [5.74, 6) is 2.21. The van der Waals surface area contributed by atoms with E-state index in [2.05, 4.69) is 9.88 Å². The second-order valence-electron chi connectivity index (χ2n) is 7.90. The summed E-state index contributed by atoms with van der Waals surface area (Å²) in [6.45, 7) is 5.11. The van der Waals surface area contributed by atoms with Crippen molar-refractivity contribution in [3.63, 3.8) is 0 Å². The average Bonchev–Trinajstić information content (AvgIpc) is 3.51. The first-order valence-corrected chi connectivity index (χ1v) is 11.3. The van der Waals surface area contributed by atoms with Crippen molar-refractivity contribution in [3.8, 4) is 11.5 Å². The summed E-state index contributed by atoms with van der Waals surface area (Å²) in [7, 11) is 1.64. The lowest BCUT2D eigenvalue weighted by Crippen LogP contribution is -2.28. The molecule has 2 aromatic heterocycles. The number of hydrogen-bond donors (Lipinski definition) is 1. The van der Waals surface area contributed by atoms with Gasteiger partial charge in [0.25, 0.3) is 5.91 Å². The number of para-hydroxylation sites is 2. The maximum Gasteiger partial charge on any atom is 0.287 e. The van der Waals surface area contributed by atoms with Crippen LogP contribution < -0.4 is 14.8 Å². The lowest BCUT2D eigenvalue weighted by molar-refractivity contribution is 0.0909. The number of amides is 1. The highest BCUT2D eigenvalue weighted by Crippen LogP contribution is 2.29. The highest BCUT2D eigenvalue weighted by molar-refractivity contribution is 5.91. The van der Waals surface area contributed by atoms with Crippen molar-refractivity contribution in [2.75, 3.05) is 13.7 Å². The standard InChI is InChI=1S/C27H29N3O4/c1-4-9-20-13-14-23(25(18-20)32-3)33-17-8-15-30-22-11-6-5-10-21(22)29-26(30)19(2)28-27(31)24-12-7-16-34-24/h4-7,9-14,16,18-19H,8,15,17H2,1-3H3,(H,28,31)/b9-4+. The number of allylic oxidation sites excluding steroid dienone is 1. The molecule has 0 bridgehead atoms. The van der Waals surface area contributed by atoms with Gasteiger partial charge in [0, 0.05) is 6.54 Å². The van der Waals surface area contributed by atoms with E-state index < -0.39 is 0 Å². The number of aromatic nitrogens is 2. The molecule has 1 amide bonds. The summed E-state index contributed by atoms with van der Waals surface area (Å²) in [6.07, 6.45) is 6.24. The first kappa shape index (κ1) is 23.2. The van der Waals surface area contributed by atoms with E-state index in [1.165, 1.54) is 6.26 Å². The van der Waals surface area contributed by atoms with E-state index in [4.69, 9.17) is 18.9 Å². The number of furan rings is 1. The van der Waals surface area contributed by atoms with E-state index in [0.717, 1.165) is 28.8 Å². The normalized spacial score (nSPS) is 12.2. The third kappa shape index (κ3) is 5.14. The lowest BCUT2D eigenvalue weighted by Gasteiger charge is -2.16. The SMILES string of the molecule is C/C=C/c1ccc(OCCCn2c(C(C)NC(=O)c3ccco3)nc3ccccc32)c(OC)c1. The van der Waals surface area contributed by atoms with Gasteiger partial charge >= 0.3 is 0 Å². The van der Waals surface area contributed by atoms with E-state index in [0.29, 0.717) is 24.7 Å². The molecule has 0 aliphatic heterocycles. The molecule has 4 aromatic rings. The molecule has 1 unspecified atom stereocenters. The Bertz CT molecular complexity index is 1270. The maximum atomic E-state index is 12.5. The molecule has 0 saturated carbocycles. The molecule has 0 fully saturated rings. The Kier molecular flexibility index (Phi) is 7.32. The van der Waals surface area contributed by atoms with Crippen LogP contribution in [0.3, 0.4) is 0 Å². The van der Waals surface area contributed by atoms with Crippen LogP contribution >= 0.6 is 0 Å². The Morgan fingerprint density at radius 1 is 1.18 bits per heavy atom. The number of benzene rings is 2. The summed E-state index contributed by atoms with van der Waals surface area (Å²) >= 11 is 0. The van der Waals surface area contributed by atoms with Gasteiger partial charge in [-0.1, -0.05) is 30.4 Å². The van der Waals surface area contributed by atoms with Gasteiger partial charge in [0.05, 0.1) is 37.1 Å². The monoisotopic (exact) mass is 459 g/mol. The zero-order valence-electron chi connectivity index (χ0n) is 19.7. The van der Waals surface area contributed by atoms with Crippen molar-refractivity contribution in [2.24, 2.45) is 0 Å². The van der Waals surface area contributed by atoms with Gasteiger partial charge in [0.15, 0.2) is 17.3 Å². The molecule has 0 saturated heterocycles. The zero-order chi connectivity index (χ0) is 23.9. The molecule has 4 rings (SSSR count). The minimum absolute atomic E-state index is 0.270. The van der Waals surface area contributed by atoms with Crippen LogP contribution in [0.5, 0.6) is 11.5 Å². The third-order valence-corrected chi connectivity index (χ3v) is 5.49. The predicted molar refractivity (Wildman–Crippen MR) is 132 cm³/mol. The Labute approximate surface area is 199 Å². The van der Waals surface area contributed by atoms with E-state index in [1.54, 1.807) is 19.2 Å². The van der Waals surface area contributed by atoms with Gasteiger partial charge in [-0.15, -0.1) is 0 Å². The number of methoxy groups -OCH3 is 1. The highest BCUT2D eigenvalue weighted by Gasteiger charge is 2.20. The fraction of sp³-hybridized carbons (Fsp3) is 0.259. The topological polar surface area (TPSA) is 78.5 Å². The van der Waals surface area contributed by atoms with E-state index in [-0.39, 0.29) is 17.7 Å². The second kappa shape index (κ2) is 10.7. The Balaban J connectivity index is 1.46. The molecule has 0 spiro atoms. The van der Waals surface area contributed by atoms with Crippen LogP contribution in [0, 0.1) is 0 Å². The summed E-state index contributed by atoms with van der Waals surface area (Å²) in [5, 5.41) is 2.98. The van der Waals surface area contributed by atoms with Gasteiger partial charge in [0.1, 0.15) is 5.82 Å². The lowest BCUT2D eigenvalue weighted by atomic mass is 10.2. The molecule has 34 heavy (non-hydrogen) atoms. The van der Waals surface area contributed by atoms with Crippen molar-refractivity contribution in [2.45, 2.75) is 32.9 Å². The number of fused-ring (bicyclic) bond motifs is 1. The number of hydrogen-bond acceptors (Lipinski definition) is 5. The van der Waals surface area contributed by atoms with Crippen LogP contribution in [0.2, 0.25) is 0 Å². The summed E-state index contributed by atoms with van der Waals surface area (Å²) in [6, 6.07) is 16.9.